The SMILES string of the molecule is C[Si](C)=[Zr+2].[C-]1=C2C=CC=CC2c2ccc3ccccc3c21.[Cl-].[Cl-]. The molecule has 0 aromatic heterocycles. The second kappa shape index (κ2) is 9.18. The Kier molecular flexibility index (Phi) is 8.24. The predicted octanol–water partition coefficient (Wildman–Crippen LogP) is -1.07. The number of allylic oxidation sites excluding steroid dienone is 5. The normalized spacial score (nSPS) is 16.2. The minimum atomic E-state index is 0. The predicted molar refractivity (Wildman–Crippen MR) is 88.3 cm³/mol. The van der Waals surface area contributed by atoms with Crippen molar-refractivity contribution < 1.29 is 48.1 Å². The van der Waals surface area contributed by atoms with Crippen molar-refractivity contribution in [2.45, 2.75) is 19.0 Å². The second-order valence-electron chi connectivity index (χ2n) is 5.55. The minimum Gasteiger partial charge on any atom is -1.00 e. The van der Waals surface area contributed by atoms with E-state index in [0.29, 0.717) is 5.92 Å². The zero-order valence-corrected chi connectivity index (χ0v) is 18.1. The number of rotatable bonds is 0. The van der Waals surface area contributed by atoms with E-state index in [1.807, 2.05) is 0 Å². The van der Waals surface area contributed by atoms with Gasteiger partial charge >= 0.3 is 41.9 Å². The van der Waals surface area contributed by atoms with E-state index in [4.69, 9.17) is 0 Å². The topological polar surface area (TPSA) is 0 Å². The molecule has 1 atom stereocenters. The van der Waals surface area contributed by atoms with Gasteiger partial charge in [0.1, 0.15) is 0 Å². The summed E-state index contributed by atoms with van der Waals surface area (Å²) in [4.78, 5) is 0. The van der Waals surface area contributed by atoms with Crippen LogP contribution < -0.4 is 24.8 Å². The molecule has 2 aromatic rings. The summed E-state index contributed by atoms with van der Waals surface area (Å²) in [7, 11) is 0. The average molecular weight is 436 g/mol. The van der Waals surface area contributed by atoms with E-state index in [9.17, 15) is 0 Å². The fraction of sp³-hybridized carbons (Fsp3) is 0.158. The Morgan fingerprint density at radius 2 is 1.70 bits per heavy atom. The summed E-state index contributed by atoms with van der Waals surface area (Å²) in [5, 5.41) is 2.61. The first kappa shape index (κ1) is 20.6. The van der Waals surface area contributed by atoms with Crippen LogP contribution in [0.15, 0.2) is 66.3 Å². The molecule has 4 heteroatoms. The van der Waals surface area contributed by atoms with Gasteiger partial charge in [0.25, 0.3) is 0 Å². The van der Waals surface area contributed by atoms with E-state index in [-0.39, 0.29) is 30.2 Å². The van der Waals surface area contributed by atoms with Gasteiger partial charge in [0.15, 0.2) is 0 Å². The largest absolute Gasteiger partial charge is 1.00 e. The van der Waals surface area contributed by atoms with Crippen molar-refractivity contribution >= 4 is 16.2 Å². The van der Waals surface area contributed by atoms with Crippen molar-refractivity contribution in [1.29, 1.82) is 0 Å². The van der Waals surface area contributed by atoms with E-state index in [0.717, 1.165) is 0 Å². The molecule has 2 aliphatic rings. The van der Waals surface area contributed by atoms with E-state index >= 15 is 0 Å². The molecule has 2 aromatic carbocycles. The molecular formula is C19H17Cl2SiZr-. The molecule has 0 radical (unpaired) electrons. The molecule has 1 unspecified atom stereocenters. The van der Waals surface area contributed by atoms with Gasteiger partial charge in [-0.05, 0) is 5.92 Å². The van der Waals surface area contributed by atoms with Crippen LogP contribution in [0.4, 0.5) is 0 Å². The quantitative estimate of drug-likeness (QED) is 0.365. The van der Waals surface area contributed by atoms with Crippen molar-refractivity contribution in [1.82, 2.24) is 0 Å². The van der Waals surface area contributed by atoms with Crippen LogP contribution in [0.2, 0.25) is 13.1 Å². The molecule has 0 bridgehead atoms. The molecule has 0 nitrogen and oxygen atoms in total. The molecule has 0 saturated heterocycles. The molecule has 2 aliphatic carbocycles. The number of benzene rings is 2. The average Bonchev–Trinajstić information content (AvgIpc) is 2.86. The first-order valence-electron chi connectivity index (χ1n) is 7.19. The van der Waals surface area contributed by atoms with E-state index in [1.165, 1.54) is 27.5 Å². The zero-order valence-electron chi connectivity index (χ0n) is 13.1. The van der Waals surface area contributed by atoms with Crippen LogP contribution in [-0.2, 0) is 23.3 Å². The van der Waals surface area contributed by atoms with Crippen LogP contribution in [0.3, 0.4) is 0 Å². The molecule has 4 rings (SSSR count). The van der Waals surface area contributed by atoms with E-state index in [1.54, 1.807) is 23.3 Å². The molecule has 0 aliphatic heterocycles. The molecule has 0 N–H and O–H groups in total. The van der Waals surface area contributed by atoms with Gasteiger partial charge in [-0.15, -0.1) is 34.9 Å². The van der Waals surface area contributed by atoms with Gasteiger partial charge in [0, 0.05) is 0 Å². The zero-order chi connectivity index (χ0) is 14.8. The van der Waals surface area contributed by atoms with Gasteiger partial charge in [-0.3, -0.25) is 0 Å². The van der Waals surface area contributed by atoms with Gasteiger partial charge in [0.05, 0.1) is 0 Å². The maximum absolute atomic E-state index is 3.56. The van der Waals surface area contributed by atoms with Crippen LogP contribution in [0.25, 0.3) is 10.8 Å². The van der Waals surface area contributed by atoms with Crippen molar-refractivity contribution in [3.8, 4) is 0 Å². The van der Waals surface area contributed by atoms with Crippen LogP contribution in [0.1, 0.15) is 17.0 Å². The smallest absolute Gasteiger partial charge is 0.0235 e. The van der Waals surface area contributed by atoms with Gasteiger partial charge in [-0.1, -0.05) is 59.3 Å². The van der Waals surface area contributed by atoms with Gasteiger partial charge in [-0.2, -0.15) is 0 Å². The molecular weight excluding hydrogens is 418 g/mol. The Labute approximate surface area is 165 Å². The molecule has 0 spiro atoms. The molecule has 0 amide bonds. The maximum Gasteiger partial charge on any atom is -0.0235 e. The third kappa shape index (κ3) is 4.57. The van der Waals surface area contributed by atoms with Crippen molar-refractivity contribution in [3.05, 3.63) is 83.5 Å². The molecule has 116 valence electrons. The summed E-state index contributed by atoms with van der Waals surface area (Å²) in [6.07, 6.45) is 12.2. The molecule has 23 heavy (non-hydrogen) atoms. The van der Waals surface area contributed by atoms with Crippen molar-refractivity contribution in [2.24, 2.45) is 0 Å². The fourth-order valence-electron chi connectivity index (χ4n) is 2.76. The number of halogens is 2. The Hall–Kier alpha value is -0.400. The van der Waals surface area contributed by atoms with Crippen molar-refractivity contribution in [3.63, 3.8) is 0 Å². The summed E-state index contributed by atoms with van der Waals surface area (Å²) in [5.41, 5.74) is 4.17. The monoisotopic (exact) mass is 433 g/mol. The number of hydrogen-bond acceptors (Lipinski definition) is 0. The fourth-order valence-corrected chi connectivity index (χ4v) is 2.76. The third-order valence-electron chi connectivity index (χ3n) is 3.59. The Morgan fingerprint density at radius 3 is 2.43 bits per heavy atom. The van der Waals surface area contributed by atoms with Crippen LogP contribution in [0.5, 0.6) is 0 Å². The van der Waals surface area contributed by atoms with Crippen LogP contribution >= 0.6 is 0 Å². The first-order chi connectivity index (χ1) is 10.2. The summed E-state index contributed by atoms with van der Waals surface area (Å²) in [6, 6.07) is 13.0. The van der Waals surface area contributed by atoms with Gasteiger partial charge < -0.3 is 24.8 Å². The Morgan fingerprint density at radius 1 is 1.00 bits per heavy atom. The van der Waals surface area contributed by atoms with Gasteiger partial charge in [0.2, 0.25) is 0 Å². The minimum absolute atomic E-state index is 0. The molecule has 0 fully saturated rings. The Bertz CT molecular complexity index is 802. The van der Waals surface area contributed by atoms with Crippen LogP contribution in [0, 0.1) is 6.08 Å². The van der Waals surface area contributed by atoms with Gasteiger partial charge in [-0.25, -0.2) is 0 Å². The van der Waals surface area contributed by atoms with Crippen molar-refractivity contribution in [2.75, 3.05) is 0 Å². The second-order valence-corrected chi connectivity index (χ2v) is 14.9. The van der Waals surface area contributed by atoms with Crippen LogP contribution in [-0.4, -0.2) is 5.43 Å². The number of fused-ring (bicyclic) bond motifs is 5. The maximum atomic E-state index is 3.56. The summed E-state index contributed by atoms with van der Waals surface area (Å²) in [6.45, 7) is 4.62. The van der Waals surface area contributed by atoms with E-state index < -0.39 is 0 Å². The summed E-state index contributed by atoms with van der Waals surface area (Å²) < 4.78 is 0. The third-order valence-corrected chi connectivity index (χ3v) is 3.59. The summed E-state index contributed by atoms with van der Waals surface area (Å²) >= 11 is 1.74. The Balaban J connectivity index is 0.000000401. The van der Waals surface area contributed by atoms with E-state index in [2.05, 4.69) is 79.9 Å². The summed E-state index contributed by atoms with van der Waals surface area (Å²) in [5.74, 6) is 0.416. The number of hydrogen-bond donors (Lipinski definition) is 0. The first-order valence-corrected chi connectivity index (χ1v) is 13.4. The molecule has 0 heterocycles. The molecule has 0 saturated carbocycles. The standard InChI is InChI=1S/C17H11.C2H6Si.2ClH.Zr/c1-3-7-14-12(5-1)9-10-16-15-8-4-2-6-13(15)11-17(14)16;1-3-2;;;/h1-10,15H;1-2H3;2*1H;/q-1;;;;+2/p-2.